The quantitative estimate of drug-likeness (QED) is 0.839. The maximum Gasteiger partial charge on any atom is 0.224 e. The van der Waals surface area contributed by atoms with Crippen LogP contribution in [0.4, 0.5) is 11.4 Å². The van der Waals surface area contributed by atoms with Gasteiger partial charge in [-0.1, -0.05) is 25.5 Å². The van der Waals surface area contributed by atoms with Gasteiger partial charge >= 0.3 is 0 Å². The van der Waals surface area contributed by atoms with Crippen LogP contribution in [0.25, 0.3) is 0 Å². The van der Waals surface area contributed by atoms with E-state index in [-0.39, 0.29) is 11.8 Å². The van der Waals surface area contributed by atoms with E-state index in [0.717, 1.165) is 44.1 Å². The molecule has 1 aliphatic rings. The van der Waals surface area contributed by atoms with Gasteiger partial charge in [0, 0.05) is 19.5 Å². The fourth-order valence-electron chi connectivity index (χ4n) is 2.52. The van der Waals surface area contributed by atoms with E-state index in [1.807, 2.05) is 24.3 Å². The number of nitrogens with zero attached hydrogens (tertiary/aromatic N) is 1. The predicted octanol–water partition coefficient (Wildman–Crippen LogP) is 1.84. The van der Waals surface area contributed by atoms with Gasteiger partial charge in [0.25, 0.3) is 0 Å². The Morgan fingerprint density at radius 1 is 1.38 bits per heavy atom. The molecule has 21 heavy (non-hydrogen) atoms. The van der Waals surface area contributed by atoms with Crippen LogP contribution < -0.4 is 16.0 Å². The second-order valence-electron chi connectivity index (χ2n) is 5.38. The number of ether oxygens (including phenoxy) is 1. The van der Waals surface area contributed by atoms with Crippen LogP contribution in [0.5, 0.6) is 0 Å². The summed E-state index contributed by atoms with van der Waals surface area (Å²) in [5.74, 6) is 0.286. The first-order valence-corrected chi connectivity index (χ1v) is 7.66. The number of rotatable bonds is 6. The monoisotopic (exact) mass is 291 g/mol. The molecule has 1 atom stereocenters. The Bertz CT molecular complexity index is 455. The van der Waals surface area contributed by atoms with Crippen LogP contribution >= 0.6 is 0 Å². The number of para-hydroxylation sites is 2. The molecule has 1 amide bonds. The average molecular weight is 291 g/mol. The Balaban J connectivity index is 2.04. The summed E-state index contributed by atoms with van der Waals surface area (Å²) in [6.07, 6.45) is 1.40. The molecule has 0 radical (unpaired) electrons. The Kier molecular flexibility index (Phi) is 6.02. The summed E-state index contributed by atoms with van der Waals surface area (Å²) in [6, 6.07) is 7.93. The second kappa shape index (κ2) is 8.00. The molecule has 1 fully saturated rings. The summed E-state index contributed by atoms with van der Waals surface area (Å²) in [6.45, 7) is 5.78. The molecule has 0 saturated carbocycles. The SMILES string of the molecule is CCC(CN)CC(=O)Nc1ccccc1N1CCOCC1. The predicted molar refractivity (Wildman–Crippen MR) is 85.6 cm³/mol. The Labute approximate surface area is 126 Å². The zero-order valence-electron chi connectivity index (χ0n) is 12.7. The van der Waals surface area contributed by atoms with Gasteiger partial charge in [0.05, 0.1) is 24.6 Å². The fourth-order valence-corrected chi connectivity index (χ4v) is 2.52. The van der Waals surface area contributed by atoms with Crippen molar-refractivity contribution in [1.82, 2.24) is 0 Å². The maximum atomic E-state index is 12.2. The number of anilines is 2. The highest BCUT2D eigenvalue weighted by molar-refractivity contribution is 5.94. The third-order valence-corrected chi connectivity index (χ3v) is 3.91. The number of carbonyl (C=O) groups excluding carboxylic acids is 1. The van der Waals surface area contributed by atoms with E-state index < -0.39 is 0 Å². The van der Waals surface area contributed by atoms with Gasteiger partial charge in [-0.05, 0) is 24.6 Å². The van der Waals surface area contributed by atoms with Crippen molar-refractivity contribution < 1.29 is 9.53 Å². The van der Waals surface area contributed by atoms with Crippen molar-refractivity contribution >= 4 is 17.3 Å². The molecule has 0 spiro atoms. The number of nitrogens with one attached hydrogen (secondary N) is 1. The molecule has 1 saturated heterocycles. The molecule has 0 aliphatic carbocycles. The molecule has 1 aliphatic heterocycles. The van der Waals surface area contributed by atoms with E-state index in [1.54, 1.807) is 0 Å². The van der Waals surface area contributed by atoms with Crippen molar-refractivity contribution in [1.29, 1.82) is 0 Å². The maximum absolute atomic E-state index is 12.2. The average Bonchev–Trinajstić information content (AvgIpc) is 2.54. The molecule has 3 N–H and O–H groups in total. The number of morpholine rings is 1. The van der Waals surface area contributed by atoms with Crippen molar-refractivity contribution in [2.24, 2.45) is 11.7 Å². The number of hydrogen-bond acceptors (Lipinski definition) is 4. The number of amides is 1. The summed E-state index contributed by atoms with van der Waals surface area (Å²) in [5.41, 5.74) is 7.61. The van der Waals surface area contributed by atoms with E-state index in [2.05, 4.69) is 17.1 Å². The second-order valence-corrected chi connectivity index (χ2v) is 5.38. The first-order chi connectivity index (χ1) is 10.2. The summed E-state index contributed by atoms with van der Waals surface area (Å²) in [4.78, 5) is 14.4. The summed E-state index contributed by atoms with van der Waals surface area (Å²) in [7, 11) is 0. The van der Waals surface area contributed by atoms with Crippen LogP contribution in [0.2, 0.25) is 0 Å². The van der Waals surface area contributed by atoms with Crippen molar-refractivity contribution in [3.05, 3.63) is 24.3 Å². The normalized spacial score (nSPS) is 16.6. The minimum Gasteiger partial charge on any atom is -0.378 e. The summed E-state index contributed by atoms with van der Waals surface area (Å²) in [5, 5.41) is 3.03. The van der Waals surface area contributed by atoms with Gasteiger partial charge in [0.15, 0.2) is 0 Å². The van der Waals surface area contributed by atoms with E-state index >= 15 is 0 Å². The lowest BCUT2D eigenvalue weighted by molar-refractivity contribution is -0.117. The molecular weight excluding hydrogens is 266 g/mol. The third kappa shape index (κ3) is 4.44. The molecular formula is C16H25N3O2. The first kappa shape index (κ1) is 15.8. The minimum atomic E-state index is 0.0352. The van der Waals surface area contributed by atoms with Crippen LogP contribution in [0.1, 0.15) is 19.8 Å². The number of carbonyl (C=O) groups is 1. The molecule has 5 heteroatoms. The molecule has 1 heterocycles. The van der Waals surface area contributed by atoms with Crippen LogP contribution in [-0.2, 0) is 9.53 Å². The van der Waals surface area contributed by atoms with Crippen LogP contribution in [0.3, 0.4) is 0 Å². The summed E-state index contributed by atoms with van der Waals surface area (Å²) < 4.78 is 5.38. The van der Waals surface area contributed by atoms with Crippen LogP contribution in [-0.4, -0.2) is 38.8 Å². The van der Waals surface area contributed by atoms with Gasteiger partial charge in [-0.25, -0.2) is 0 Å². The van der Waals surface area contributed by atoms with Gasteiger partial charge in [0.2, 0.25) is 5.91 Å². The topological polar surface area (TPSA) is 67.6 Å². The largest absolute Gasteiger partial charge is 0.378 e. The fraction of sp³-hybridized carbons (Fsp3) is 0.562. The third-order valence-electron chi connectivity index (χ3n) is 3.91. The molecule has 116 valence electrons. The highest BCUT2D eigenvalue weighted by Gasteiger charge is 2.16. The zero-order chi connectivity index (χ0) is 15.1. The van der Waals surface area contributed by atoms with E-state index in [9.17, 15) is 4.79 Å². The molecule has 2 rings (SSSR count). The van der Waals surface area contributed by atoms with Crippen molar-refractivity contribution in [2.45, 2.75) is 19.8 Å². The van der Waals surface area contributed by atoms with Crippen LogP contribution in [0, 0.1) is 5.92 Å². The van der Waals surface area contributed by atoms with Crippen molar-refractivity contribution in [3.63, 3.8) is 0 Å². The van der Waals surface area contributed by atoms with Crippen molar-refractivity contribution in [3.8, 4) is 0 Å². The van der Waals surface area contributed by atoms with E-state index in [4.69, 9.17) is 10.5 Å². The molecule has 0 aromatic heterocycles. The van der Waals surface area contributed by atoms with E-state index in [0.29, 0.717) is 13.0 Å². The zero-order valence-corrected chi connectivity index (χ0v) is 12.7. The smallest absolute Gasteiger partial charge is 0.224 e. The number of hydrogen-bond donors (Lipinski definition) is 2. The molecule has 1 unspecified atom stereocenters. The highest BCUT2D eigenvalue weighted by Crippen LogP contribution is 2.26. The Morgan fingerprint density at radius 2 is 2.10 bits per heavy atom. The highest BCUT2D eigenvalue weighted by atomic mass is 16.5. The summed E-state index contributed by atoms with van der Waals surface area (Å²) >= 11 is 0. The van der Waals surface area contributed by atoms with Gasteiger partial charge in [0.1, 0.15) is 0 Å². The van der Waals surface area contributed by atoms with Crippen molar-refractivity contribution in [2.75, 3.05) is 43.1 Å². The number of benzene rings is 1. The Hall–Kier alpha value is -1.59. The van der Waals surface area contributed by atoms with Crippen LogP contribution in [0.15, 0.2) is 24.3 Å². The molecule has 1 aromatic carbocycles. The number of nitrogens with two attached hydrogens (primary N) is 1. The standard InChI is InChI=1S/C16H25N3O2/c1-2-13(12-17)11-16(20)18-14-5-3-4-6-15(14)19-7-9-21-10-8-19/h3-6,13H,2,7-12,17H2,1H3,(H,18,20). The minimum absolute atomic E-state index is 0.0352. The Morgan fingerprint density at radius 3 is 2.76 bits per heavy atom. The molecule has 1 aromatic rings. The molecule has 0 bridgehead atoms. The van der Waals surface area contributed by atoms with E-state index in [1.165, 1.54) is 0 Å². The van der Waals surface area contributed by atoms with Gasteiger partial charge in [-0.3, -0.25) is 4.79 Å². The lowest BCUT2D eigenvalue weighted by atomic mass is 10.0. The van der Waals surface area contributed by atoms with Gasteiger partial charge < -0.3 is 20.7 Å². The van der Waals surface area contributed by atoms with Gasteiger partial charge in [-0.15, -0.1) is 0 Å². The first-order valence-electron chi connectivity index (χ1n) is 7.66. The van der Waals surface area contributed by atoms with Gasteiger partial charge in [-0.2, -0.15) is 0 Å². The molecule has 5 nitrogen and oxygen atoms in total. The lowest BCUT2D eigenvalue weighted by Crippen LogP contribution is -2.36. The lowest BCUT2D eigenvalue weighted by Gasteiger charge is -2.30.